The van der Waals surface area contributed by atoms with E-state index in [0.717, 1.165) is 36.9 Å². The lowest BCUT2D eigenvalue weighted by Gasteiger charge is -2.22. The summed E-state index contributed by atoms with van der Waals surface area (Å²) in [5.41, 5.74) is 2.02. The minimum Gasteiger partial charge on any atom is -0.477 e. The van der Waals surface area contributed by atoms with Gasteiger partial charge < -0.3 is 38.1 Å². The van der Waals surface area contributed by atoms with Gasteiger partial charge in [0.25, 0.3) is 17.6 Å². The fourth-order valence-electron chi connectivity index (χ4n) is 3.08. The molecule has 1 aliphatic rings. The highest BCUT2D eigenvalue weighted by Gasteiger charge is 2.18. The summed E-state index contributed by atoms with van der Waals surface area (Å²) in [7, 11) is 3.63. The second-order valence-corrected chi connectivity index (χ2v) is 8.46. The predicted molar refractivity (Wildman–Crippen MR) is 138 cm³/mol. The van der Waals surface area contributed by atoms with Crippen molar-refractivity contribution >= 4 is 41.4 Å². The minimum atomic E-state index is 0. The highest BCUT2D eigenvalue weighted by atomic mass is 35.5. The van der Waals surface area contributed by atoms with Crippen LogP contribution in [0.2, 0.25) is 0 Å². The van der Waals surface area contributed by atoms with Gasteiger partial charge in [-0.2, -0.15) is 4.37 Å². The van der Waals surface area contributed by atoms with Crippen molar-refractivity contribution < 1.29 is 33.2 Å². The Kier molecular flexibility index (Phi) is 15.8. The summed E-state index contributed by atoms with van der Waals surface area (Å²) in [6.07, 6.45) is 3.23. The van der Waals surface area contributed by atoms with E-state index in [-0.39, 0.29) is 12.4 Å². The van der Waals surface area contributed by atoms with E-state index in [2.05, 4.69) is 35.5 Å². The summed E-state index contributed by atoms with van der Waals surface area (Å²) in [6, 6.07) is 0. The molecule has 2 aromatic heterocycles. The number of ether oxygens (including phenoxy) is 7. The zero-order chi connectivity index (χ0) is 24.6. The van der Waals surface area contributed by atoms with Gasteiger partial charge in [0.1, 0.15) is 18.9 Å². The van der Waals surface area contributed by atoms with E-state index in [1.807, 2.05) is 0 Å². The molecule has 3 rings (SSSR count). The number of hydrogen-bond donors (Lipinski definition) is 0. The Labute approximate surface area is 225 Å². The molecule has 36 heavy (non-hydrogen) atoms. The van der Waals surface area contributed by atoms with Gasteiger partial charge in [0.15, 0.2) is 0 Å². The maximum absolute atomic E-state index is 5.76. The lowest BCUT2D eigenvalue weighted by molar-refractivity contribution is -0.00724. The third kappa shape index (κ3) is 11.2. The molecule has 0 atom stereocenters. The fraction of sp³-hybridized carbons (Fsp3) is 0.714. The average Bonchev–Trinajstić information content (AvgIpc) is 3.53. The van der Waals surface area contributed by atoms with Gasteiger partial charge in [-0.15, -0.1) is 25.5 Å². The van der Waals surface area contributed by atoms with Gasteiger partial charge in [0.05, 0.1) is 83.4 Å². The summed E-state index contributed by atoms with van der Waals surface area (Å²) in [5.74, 6) is 1.36. The van der Waals surface area contributed by atoms with Gasteiger partial charge in [0, 0.05) is 13.1 Å². The summed E-state index contributed by atoms with van der Waals surface area (Å²) < 4.78 is 54.8. The number of methoxy groups -OCH3 is 1. The molecule has 0 saturated heterocycles. The van der Waals surface area contributed by atoms with Crippen molar-refractivity contribution in [3.05, 3.63) is 11.8 Å². The Morgan fingerprint density at radius 3 is 1.81 bits per heavy atom. The zero-order valence-electron chi connectivity index (χ0n) is 20.6. The summed E-state index contributed by atoms with van der Waals surface area (Å²) in [4.78, 5) is 2.26. The Bertz CT molecular complexity index is 873. The van der Waals surface area contributed by atoms with E-state index in [9.17, 15) is 0 Å². The van der Waals surface area contributed by atoms with Gasteiger partial charge in [0.2, 0.25) is 0 Å². The number of halogens is 1. The highest BCUT2D eigenvalue weighted by Crippen LogP contribution is 2.27. The molecule has 0 saturated carbocycles. The summed E-state index contributed by atoms with van der Waals surface area (Å²) in [6.45, 7) is 6.54. The largest absolute Gasteiger partial charge is 0.477 e. The van der Waals surface area contributed by atoms with E-state index < -0.39 is 0 Å². The molecule has 0 radical (unpaired) electrons. The normalized spacial score (nSPS) is 13.8. The lowest BCUT2D eigenvalue weighted by Crippen LogP contribution is -2.25. The molecular formula is C21H34ClN5O7S2. The molecule has 0 amide bonds. The first-order chi connectivity index (χ1) is 17.3. The molecule has 0 fully saturated rings. The molecule has 0 spiro atoms. The third-order valence-corrected chi connectivity index (χ3v) is 5.78. The third-order valence-electron chi connectivity index (χ3n) is 4.78. The van der Waals surface area contributed by atoms with E-state index in [1.165, 1.54) is 24.4 Å². The first-order valence-corrected chi connectivity index (χ1v) is 12.9. The molecule has 0 aliphatic carbocycles. The smallest absolute Gasteiger partial charge is 0.291 e. The van der Waals surface area contributed by atoms with E-state index in [1.54, 1.807) is 0 Å². The maximum Gasteiger partial charge on any atom is 0.291 e. The molecule has 0 aromatic carbocycles. The average molecular weight is 568 g/mol. The lowest BCUT2D eigenvalue weighted by atomic mass is 10.1. The van der Waals surface area contributed by atoms with E-state index in [0.29, 0.717) is 83.7 Å². The monoisotopic (exact) mass is 567 g/mol. The first kappa shape index (κ1) is 30.6. The van der Waals surface area contributed by atoms with Crippen molar-refractivity contribution in [1.82, 2.24) is 22.4 Å². The van der Waals surface area contributed by atoms with Crippen molar-refractivity contribution in [2.24, 2.45) is 0 Å². The Balaban J connectivity index is 0.00000456. The number of nitrogens with zero attached hydrogens (tertiary/aromatic N) is 5. The van der Waals surface area contributed by atoms with Crippen LogP contribution in [0.4, 0.5) is 0 Å². The van der Waals surface area contributed by atoms with E-state index >= 15 is 0 Å². The Morgan fingerprint density at radius 1 is 0.722 bits per heavy atom. The molecule has 12 nitrogen and oxygen atoms in total. The SMILES string of the molecule is COc1nsnc1OCCOCCOCCOCCOCCOc1nsnc1C1=CCCN(C)C1.Cl. The zero-order valence-corrected chi connectivity index (χ0v) is 23.0. The van der Waals surface area contributed by atoms with Gasteiger partial charge >= 0.3 is 0 Å². The predicted octanol–water partition coefficient (Wildman–Crippen LogP) is 2.06. The standard InChI is InChI=1S/C21H33N5O7S2.ClH/c1-26-5-3-4-17(16-26)18-19(23-34-22-18)32-14-12-30-10-8-28-6-7-29-9-11-31-13-15-33-21-20(27-2)24-35-25-21;/h4H,3,5-16H2,1-2H3;1H. The summed E-state index contributed by atoms with van der Waals surface area (Å²) >= 11 is 2.21. The van der Waals surface area contributed by atoms with Crippen molar-refractivity contribution in [2.45, 2.75) is 6.42 Å². The first-order valence-electron chi connectivity index (χ1n) is 11.4. The Hall–Kier alpha value is -1.65. The summed E-state index contributed by atoms with van der Waals surface area (Å²) in [5, 5.41) is 0. The number of aromatic nitrogens is 4. The van der Waals surface area contributed by atoms with Crippen molar-refractivity contribution in [2.75, 3.05) is 93.3 Å². The topological polar surface area (TPSA) is 119 Å². The van der Waals surface area contributed by atoms with Gasteiger partial charge in [-0.25, -0.2) is 0 Å². The number of hydrogen-bond acceptors (Lipinski definition) is 14. The minimum absolute atomic E-state index is 0. The van der Waals surface area contributed by atoms with Crippen LogP contribution in [0.1, 0.15) is 12.1 Å². The molecule has 1 aliphatic heterocycles. The van der Waals surface area contributed by atoms with Crippen LogP contribution in [0.5, 0.6) is 17.6 Å². The fourth-order valence-corrected chi connectivity index (χ4v) is 4.08. The molecule has 204 valence electrons. The van der Waals surface area contributed by atoms with Crippen LogP contribution in [0, 0.1) is 0 Å². The van der Waals surface area contributed by atoms with Crippen molar-refractivity contribution in [3.63, 3.8) is 0 Å². The van der Waals surface area contributed by atoms with Crippen LogP contribution in [0.25, 0.3) is 5.57 Å². The molecule has 0 unspecified atom stereocenters. The van der Waals surface area contributed by atoms with Crippen LogP contribution >= 0.6 is 35.9 Å². The molecule has 3 heterocycles. The van der Waals surface area contributed by atoms with Gasteiger partial charge in [-0.3, -0.25) is 0 Å². The number of likely N-dealkylation sites (N-methyl/N-ethyl adjacent to an activating group) is 1. The van der Waals surface area contributed by atoms with Gasteiger partial charge in [-0.1, -0.05) is 6.08 Å². The second kappa shape index (κ2) is 18.6. The van der Waals surface area contributed by atoms with Gasteiger partial charge in [-0.05, 0) is 19.0 Å². The van der Waals surface area contributed by atoms with Crippen molar-refractivity contribution in [3.8, 4) is 17.6 Å². The second-order valence-electron chi connectivity index (χ2n) is 7.40. The van der Waals surface area contributed by atoms with Crippen LogP contribution < -0.4 is 14.2 Å². The van der Waals surface area contributed by atoms with Crippen LogP contribution in [-0.2, 0) is 18.9 Å². The van der Waals surface area contributed by atoms with Crippen LogP contribution in [0.15, 0.2) is 6.08 Å². The Morgan fingerprint density at radius 2 is 1.22 bits per heavy atom. The quantitative estimate of drug-likeness (QED) is 0.231. The van der Waals surface area contributed by atoms with Crippen LogP contribution in [-0.4, -0.2) is 116 Å². The highest BCUT2D eigenvalue weighted by molar-refractivity contribution is 6.99. The molecule has 0 N–H and O–H groups in total. The molecule has 2 aromatic rings. The molecule has 0 bridgehead atoms. The van der Waals surface area contributed by atoms with E-state index in [4.69, 9.17) is 33.2 Å². The molecule has 15 heteroatoms. The molecular weight excluding hydrogens is 534 g/mol. The number of rotatable bonds is 19. The van der Waals surface area contributed by atoms with Crippen LogP contribution in [0.3, 0.4) is 0 Å². The maximum atomic E-state index is 5.76. The van der Waals surface area contributed by atoms with Crippen molar-refractivity contribution in [1.29, 1.82) is 0 Å².